The van der Waals surface area contributed by atoms with Gasteiger partial charge < -0.3 is 4.74 Å². The molecule has 3 nitrogen and oxygen atoms in total. The molecule has 0 N–H and O–H groups in total. The van der Waals surface area contributed by atoms with Crippen LogP contribution in [0.3, 0.4) is 0 Å². The van der Waals surface area contributed by atoms with Crippen molar-refractivity contribution in [3.8, 4) is 34.3 Å². The number of nitrogens with zero attached hydrogens (tertiary/aromatic N) is 2. The van der Waals surface area contributed by atoms with E-state index in [1.165, 1.54) is 20.2 Å². The molecule has 0 saturated heterocycles. The van der Waals surface area contributed by atoms with Gasteiger partial charge in [0.15, 0.2) is 0 Å². The molecule has 0 aliphatic rings. The van der Waals surface area contributed by atoms with Crippen LogP contribution < -0.4 is 4.74 Å². The minimum atomic E-state index is 0.524. The van der Waals surface area contributed by atoms with Crippen molar-refractivity contribution in [1.29, 1.82) is 0 Å². The maximum Gasteiger partial charge on any atom is 0.221 e. The zero-order valence-corrected chi connectivity index (χ0v) is 17.9. The van der Waals surface area contributed by atoms with Gasteiger partial charge in [-0.05, 0) is 18.2 Å². The first-order valence-electron chi connectivity index (χ1n) is 10.4. The Morgan fingerprint density at radius 1 is 0.531 bits per heavy atom. The first kappa shape index (κ1) is 18.7. The predicted molar refractivity (Wildman–Crippen MR) is 132 cm³/mol. The third kappa shape index (κ3) is 3.41. The van der Waals surface area contributed by atoms with Crippen LogP contribution in [-0.2, 0) is 0 Å². The Kier molecular flexibility index (Phi) is 4.63. The Morgan fingerprint density at radius 3 is 2.03 bits per heavy atom. The molecular weight excluding hydrogens is 412 g/mol. The zero-order chi connectivity index (χ0) is 21.3. The fourth-order valence-electron chi connectivity index (χ4n) is 3.92. The third-order valence-corrected chi connectivity index (χ3v) is 6.63. The van der Waals surface area contributed by atoms with Gasteiger partial charge in [0, 0.05) is 43.4 Å². The Labute approximate surface area is 189 Å². The quantitative estimate of drug-likeness (QED) is 0.284. The molecule has 0 amide bonds. The maximum atomic E-state index is 6.05. The summed E-state index contributed by atoms with van der Waals surface area (Å²) in [5.41, 5.74) is 3.92. The van der Waals surface area contributed by atoms with Crippen LogP contribution in [0.4, 0.5) is 0 Å². The standard InChI is InChI=1S/C28H18N2OS/c1-2-9-19(10-3-1)23-14-7-17-26(29-23)31-27-18-8-15-24(30-27)22-13-6-12-21-20-11-4-5-16-25(20)32-28(21)22/h1-18H. The fraction of sp³-hybridized carbons (Fsp3) is 0. The van der Waals surface area contributed by atoms with Gasteiger partial charge in [-0.2, -0.15) is 0 Å². The summed E-state index contributed by atoms with van der Waals surface area (Å²) in [6, 6.07) is 36.7. The highest BCUT2D eigenvalue weighted by Gasteiger charge is 2.12. The molecule has 0 aliphatic carbocycles. The normalized spacial score (nSPS) is 11.1. The van der Waals surface area contributed by atoms with E-state index in [-0.39, 0.29) is 0 Å². The van der Waals surface area contributed by atoms with Crippen molar-refractivity contribution in [3.05, 3.63) is 109 Å². The van der Waals surface area contributed by atoms with Gasteiger partial charge in [0.1, 0.15) is 0 Å². The molecule has 0 unspecified atom stereocenters. The Balaban J connectivity index is 1.37. The van der Waals surface area contributed by atoms with Gasteiger partial charge >= 0.3 is 0 Å². The lowest BCUT2D eigenvalue weighted by Gasteiger charge is -2.08. The molecule has 0 atom stereocenters. The molecule has 6 aromatic rings. The second-order valence-corrected chi connectivity index (χ2v) is 8.52. The van der Waals surface area contributed by atoms with Gasteiger partial charge in [0.25, 0.3) is 0 Å². The zero-order valence-electron chi connectivity index (χ0n) is 17.1. The predicted octanol–water partition coefficient (Wildman–Crippen LogP) is 7.97. The smallest absolute Gasteiger partial charge is 0.221 e. The SMILES string of the molecule is c1ccc(-c2cccc(Oc3cccc(-c4cccc5c4sc4ccccc45)n3)n2)cc1. The van der Waals surface area contributed by atoms with Crippen LogP contribution in [0.5, 0.6) is 11.8 Å². The molecule has 0 aliphatic heterocycles. The first-order chi connectivity index (χ1) is 15.8. The highest BCUT2D eigenvalue weighted by Crippen LogP contribution is 2.39. The summed E-state index contributed by atoms with van der Waals surface area (Å²) in [6.07, 6.45) is 0. The summed E-state index contributed by atoms with van der Waals surface area (Å²) < 4.78 is 8.58. The topological polar surface area (TPSA) is 35.0 Å². The summed E-state index contributed by atoms with van der Waals surface area (Å²) in [5, 5.41) is 2.54. The van der Waals surface area contributed by atoms with Crippen molar-refractivity contribution in [2.24, 2.45) is 0 Å². The van der Waals surface area contributed by atoms with Crippen LogP contribution in [0.2, 0.25) is 0 Å². The Morgan fingerprint density at radius 2 is 1.19 bits per heavy atom. The third-order valence-electron chi connectivity index (χ3n) is 5.41. The van der Waals surface area contributed by atoms with Crippen LogP contribution in [0.25, 0.3) is 42.7 Å². The number of benzene rings is 3. The van der Waals surface area contributed by atoms with Gasteiger partial charge in [-0.15, -0.1) is 11.3 Å². The number of aromatic nitrogens is 2. The van der Waals surface area contributed by atoms with Crippen molar-refractivity contribution < 1.29 is 4.74 Å². The van der Waals surface area contributed by atoms with E-state index in [4.69, 9.17) is 9.72 Å². The summed E-state index contributed by atoms with van der Waals surface area (Å²) >= 11 is 1.80. The van der Waals surface area contributed by atoms with Gasteiger partial charge in [-0.3, -0.25) is 0 Å². The van der Waals surface area contributed by atoms with Crippen molar-refractivity contribution in [2.75, 3.05) is 0 Å². The van der Waals surface area contributed by atoms with E-state index in [0.29, 0.717) is 11.8 Å². The van der Waals surface area contributed by atoms with E-state index >= 15 is 0 Å². The number of pyridine rings is 2. The minimum Gasteiger partial charge on any atom is -0.421 e. The van der Waals surface area contributed by atoms with Crippen molar-refractivity contribution in [3.63, 3.8) is 0 Å². The largest absolute Gasteiger partial charge is 0.421 e. The number of fused-ring (bicyclic) bond motifs is 3. The number of hydrogen-bond acceptors (Lipinski definition) is 4. The summed E-state index contributed by atoms with van der Waals surface area (Å²) in [6.45, 7) is 0. The minimum absolute atomic E-state index is 0.524. The molecule has 32 heavy (non-hydrogen) atoms. The van der Waals surface area contributed by atoms with E-state index < -0.39 is 0 Å². The molecule has 0 radical (unpaired) electrons. The summed E-state index contributed by atoms with van der Waals surface area (Å²) in [5.74, 6) is 1.05. The number of rotatable bonds is 4. The van der Waals surface area contributed by atoms with Crippen LogP contribution in [-0.4, -0.2) is 9.97 Å². The van der Waals surface area contributed by atoms with E-state index in [2.05, 4.69) is 47.4 Å². The van der Waals surface area contributed by atoms with E-state index in [1.54, 1.807) is 11.3 Å². The van der Waals surface area contributed by atoms with Gasteiger partial charge in [0.05, 0.1) is 11.4 Å². The monoisotopic (exact) mass is 430 g/mol. The average Bonchev–Trinajstić information content (AvgIpc) is 3.24. The van der Waals surface area contributed by atoms with Gasteiger partial charge in [-0.1, -0.05) is 78.9 Å². The molecule has 152 valence electrons. The molecular formula is C28H18N2OS. The number of ether oxygens (including phenoxy) is 1. The van der Waals surface area contributed by atoms with Crippen LogP contribution in [0, 0.1) is 0 Å². The van der Waals surface area contributed by atoms with Crippen LogP contribution >= 0.6 is 11.3 Å². The lowest BCUT2D eigenvalue weighted by Crippen LogP contribution is -1.93. The summed E-state index contributed by atoms with van der Waals surface area (Å²) in [7, 11) is 0. The molecule has 0 spiro atoms. The number of thiophene rings is 1. The highest BCUT2D eigenvalue weighted by molar-refractivity contribution is 7.26. The van der Waals surface area contributed by atoms with Crippen molar-refractivity contribution in [1.82, 2.24) is 9.97 Å². The summed E-state index contributed by atoms with van der Waals surface area (Å²) in [4.78, 5) is 9.46. The van der Waals surface area contributed by atoms with Crippen LogP contribution in [0.1, 0.15) is 0 Å². The highest BCUT2D eigenvalue weighted by atomic mass is 32.1. The lowest BCUT2D eigenvalue weighted by molar-refractivity contribution is 0.446. The second kappa shape index (κ2) is 7.91. The maximum absolute atomic E-state index is 6.05. The average molecular weight is 431 g/mol. The molecule has 6 rings (SSSR count). The van der Waals surface area contributed by atoms with Crippen LogP contribution in [0.15, 0.2) is 109 Å². The second-order valence-electron chi connectivity index (χ2n) is 7.47. The van der Waals surface area contributed by atoms with Crippen molar-refractivity contribution in [2.45, 2.75) is 0 Å². The molecule has 3 aromatic heterocycles. The van der Waals surface area contributed by atoms with E-state index in [1.807, 2.05) is 66.7 Å². The molecule has 3 aromatic carbocycles. The molecule has 3 heterocycles. The molecule has 4 heteroatoms. The van der Waals surface area contributed by atoms with Crippen molar-refractivity contribution >= 4 is 31.5 Å². The molecule has 0 bridgehead atoms. The number of hydrogen-bond donors (Lipinski definition) is 0. The van der Waals surface area contributed by atoms with E-state index in [0.717, 1.165) is 22.5 Å². The molecule has 0 fully saturated rings. The lowest BCUT2D eigenvalue weighted by atomic mass is 10.1. The van der Waals surface area contributed by atoms with E-state index in [9.17, 15) is 0 Å². The Hall–Kier alpha value is -4.02. The first-order valence-corrected chi connectivity index (χ1v) is 11.2. The fourth-order valence-corrected chi connectivity index (χ4v) is 5.14. The Bertz CT molecular complexity index is 1560. The van der Waals surface area contributed by atoms with Gasteiger partial charge in [0.2, 0.25) is 11.8 Å². The van der Waals surface area contributed by atoms with Gasteiger partial charge in [-0.25, -0.2) is 9.97 Å². The molecule has 0 saturated carbocycles.